The molecule has 0 bridgehead atoms. The van der Waals surface area contributed by atoms with E-state index in [-0.39, 0.29) is 11.5 Å². The third-order valence-corrected chi connectivity index (χ3v) is 6.25. The highest BCUT2D eigenvalue weighted by Crippen LogP contribution is 2.34. The summed E-state index contributed by atoms with van der Waals surface area (Å²) in [6, 6.07) is 22.0. The minimum absolute atomic E-state index is 0.0927. The molecule has 0 amide bonds. The van der Waals surface area contributed by atoms with Crippen LogP contribution in [0.2, 0.25) is 10.0 Å². The molecule has 152 valence electrons. The van der Waals surface area contributed by atoms with Gasteiger partial charge in [0.25, 0.3) is 0 Å². The Morgan fingerprint density at radius 2 is 1.84 bits per heavy atom. The maximum absolute atomic E-state index is 12.7. The summed E-state index contributed by atoms with van der Waals surface area (Å²) in [5.74, 6) is 0.517. The number of nitriles is 1. The van der Waals surface area contributed by atoms with Crippen LogP contribution in [0.15, 0.2) is 82.4 Å². The number of hydrogen-bond donors (Lipinski definition) is 0. The quantitative estimate of drug-likeness (QED) is 0.223. The number of Topliss-reactive ketones (excluding diaryl/α,β-unsaturated/α-hetero) is 1. The lowest BCUT2D eigenvalue weighted by Gasteiger charge is -2.11. The first-order valence-corrected chi connectivity index (χ1v) is 11.0. The van der Waals surface area contributed by atoms with E-state index >= 15 is 0 Å². The minimum atomic E-state index is -0.140. The fourth-order valence-corrected chi connectivity index (χ4v) is 4.20. The van der Waals surface area contributed by atoms with Gasteiger partial charge in [0.15, 0.2) is 5.78 Å². The van der Waals surface area contributed by atoms with Crippen LogP contribution in [-0.4, -0.2) is 16.5 Å². The van der Waals surface area contributed by atoms with E-state index in [4.69, 9.17) is 27.6 Å². The lowest BCUT2D eigenvalue weighted by Crippen LogP contribution is -2.04. The van der Waals surface area contributed by atoms with E-state index in [9.17, 15) is 10.1 Å². The molecule has 0 atom stereocenters. The zero-order valence-corrected chi connectivity index (χ0v) is 18.3. The monoisotopic (exact) mass is 464 g/mol. The van der Waals surface area contributed by atoms with E-state index in [0.717, 1.165) is 5.56 Å². The molecule has 0 fully saturated rings. The fourth-order valence-electron chi connectivity index (χ4n) is 3.00. The highest BCUT2D eigenvalue weighted by atomic mass is 35.5. The van der Waals surface area contributed by atoms with E-state index in [1.54, 1.807) is 36.6 Å². The number of thioether (sulfide) groups is 1. The van der Waals surface area contributed by atoms with Gasteiger partial charge in [0.05, 0.1) is 33.3 Å². The Bertz CT molecular complexity index is 1280. The average Bonchev–Trinajstić information content (AvgIpc) is 3.34. The number of benzene rings is 2. The number of carbonyl (C=O) groups is 1. The van der Waals surface area contributed by atoms with Crippen LogP contribution >= 0.6 is 35.0 Å². The van der Waals surface area contributed by atoms with E-state index < -0.39 is 0 Å². The van der Waals surface area contributed by atoms with Crippen LogP contribution in [0.4, 0.5) is 0 Å². The van der Waals surface area contributed by atoms with Crippen molar-refractivity contribution in [3.8, 4) is 28.7 Å². The SMILES string of the molecule is N#Cc1c(-c2ccco2)cc(-c2ccccc2)nc1SCC(=O)c1ccc(Cl)c(Cl)c1. The first-order valence-electron chi connectivity index (χ1n) is 9.22. The van der Waals surface area contributed by atoms with Crippen molar-refractivity contribution in [1.29, 1.82) is 5.26 Å². The van der Waals surface area contributed by atoms with Gasteiger partial charge in [-0.25, -0.2) is 4.98 Å². The third-order valence-electron chi connectivity index (χ3n) is 4.54. The Morgan fingerprint density at radius 1 is 1.03 bits per heavy atom. The minimum Gasteiger partial charge on any atom is -0.464 e. The van der Waals surface area contributed by atoms with Gasteiger partial charge in [0.1, 0.15) is 16.9 Å². The molecule has 0 saturated carbocycles. The summed E-state index contributed by atoms with van der Waals surface area (Å²) in [5, 5.41) is 11.0. The van der Waals surface area contributed by atoms with Crippen molar-refractivity contribution < 1.29 is 9.21 Å². The first-order chi connectivity index (χ1) is 15.1. The lowest BCUT2D eigenvalue weighted by atomic mass is 10.0. The lowest BCUT2D eigenvalue weighted by molar-refractivity contribution is 0.102. The number of nitrogens with zero attached hydrogens (tertiary/aromatic N) is 2. The molecule has 0 aliphatic rings. The predicted molar refractivity (Wildman–Crippen MR) is 124 cm³/mol. The number of carbonyl (C=O) groups excluding carboxylic acids is 1. The molecule has 31 heavy (non-hydrogen) atoms. The molecular formula is C24H14Cl2N2O2S. The second-order valence-electron chi connectivity index (χ2n) is 6.53. The molecule has 2 heterocycles. The largest absolute Gasteiger partial charge is 0.464 e. The summed E-state index contributed by atoms with van der Waals surface area (Å²) in [4.78, 5) is 17.4. The number of furan rings is 1. The van der Waals surface area contributed by atoms with Crippen LogP contribution in [0.3, 0.4) is 0 Å². The summed E-state index contributed by atoms with van der Waals surface area (Å²) >= 11 is 13.2. The standard InChI is InChI=1S/C24H14Cl2N2O2S/c25-19-9-8-16(11-20(19)26)22(29)14-31-24-18(13-27)17(23-7-4-10-30-23)12-21(28-24)15-5-2-1-3-6-15/h1-12H,14H2. The zero-order chi connectivity index (χ0) is 21.8. The highest BCUT2D eigenvalue weighted by Gasteiger charge is 2.19. The first kappa shape index (κ1) is 21.2. The summed E-state index contributed by atoms with van der Waals surface area (Å²) in [5.41, 5.74) is 3.03. The second kappa shape index (κ2) is 9.40. The molecule has 2 aromatic carbocycles. The van der Waals surface area contributed by atoms with Crippen LogP contribution in [0, 0.1) is 11.3 Å². The van der Waals surface area contributed by atoms with Crippen molar-refractivity contribution in [2.24, 2.45) is 0 Å². The number of ketones is 1. The van der Waals surface area contributed by atoms with Crippen LogP contribution in [0.25, 0.3) is 22.6 Å². The van der Waals surface area contributed by atoms with Gasteiger partial charge in [-0.2, -0.15) is 5.26 Å². The van der Waals surface area contributed by atoms with Crippen molar-refractivity contribution >= 4 is 40.7 Å². The maximum atomic E-state index is 12.7. The number of rotatable bonds is 6. The van der Waals surface area contributed by atoms with Crippen LogP contribution in [0.5, 0.6) is 0 Å². The number of halogens is 2. The fraction of sp³-hybridized carbons (Fsp3) is 0.0417. The smallest absolute Gasteiger partial charge is 0.173 e. The maximum Gasteiger partial charge on any atom is 0.173 e. The van der Waals surface area contributed by atoms with Gasteiger partial charge in [-0.3, -0.25) is 4.79 Å². The summed E-state index contributed by atoms with van der Waals surface area (Å²) in [7, 11) is 0. The summed E-state index contributed by atoms with van der Waals surface area (Å²) in [6.45, 7) is 0. The molecule has 4 rings (SSSR count). The Balaban J connectivity index is 1.72. The molecule has 7 heteroatoms. The molecule has 0 aliphatic carbocycles. The zero-order valence-electron chi connectivity index (χ0n) is 16.0. The molecule has 0 radical (unpaired) electrons. The van der Waals surface area contributed by atoms with Gasteiger partial charge >= 0.3 is 0 Å². The molecule has 0 aliphatic heterocycles. The van der Waals surface area contributed by atoms with Crippen molar-refractivity contribution in [1.82, 2.24) is 4.98 Å². The van der Waals surface area contributed by atoms with E-state index in [2.05, 4.69) is 11.1 Å². The average molecular weight is 465 g/mol. The molecule has 0 spiro atoms. The van der Waals surface area contributed by atoms with Crippen molar-refractivity contribution in [2.75, 3.05) is 5.75 Å². The number of hydrogen-bond acceptors (Lipinski definition) is 5. The Hall–Kier alpha value is -3.04. The molecule has 2 aromatic heterocycles. The number of aromatic nitrogens is 1. The Morgan fingerprint density at radius 3 is 2.52 bits per heavy atom. The van der Waals surface area contributed by atoms with Gasteiger partial charge < -0.3 is 4.42 Å². The molecular weight excluding hydrogens is 451 g/mol. The third kappa shape index (κ3) is 4.67. The van der Waals surface area contributed by atoms with Crippen LogP contribution in [0.1, 0.15) is 15.9 Å². The second-order valence-corrected chi connectivity index (χ2v) is 8.31. The highest BCUT2D eigenvalue weighted by molar-refractivity contribution is 8.00. The van der Waals surface area contributed by atoms with Crippen molar-refractivity contribution in [3.05, 3.63) is 94.2 Å². The van der Waals surface area contributed by atoms with E-state index in [1.165, 1.54) is 11.8 Å². The van der Waals surface area contributed by atoms with Crippen molar-refractivity contribution in [2.45, 2.75) is 5.03 Å². The van der Waals surface area contributed by atoms with Crippen LogP contribution < -0.4 is 0 Å². The Kier molecular flexibility index (Phi) is 6.43. The molecule has 4 aromatic rings. The normalized spacial score (nSPS) is 10.6. The number of pyridine rings is 1. The van der Waals surface area contributed by atoms with Gasteiger partial charge in [-0.05, 0) is 36.4 Å². The van der Waals surface area contributed by atoms with Gasteiger partial charge in [-0.1, -0.05) is 65.3 Å². The summed E-state index contributed by atoms with van der Waals surface area (Å²) < 4.78 is 5.54. The van der Waals surface area contributed by atoms with Crippen LogP contribution in [-0.2, 0) is 0 Å². The van der Waals surface area contributed by atoms with E-state index in [0.29, 0.717) is 43.2 Å². The van der Waals surface area contributed by atoms with E-state index in [1.807, 2.05) is 36.4 Å². The topological polar surface area (TPSA) is 66.9 Å². The van der Waals surface area contributed by atoms with Crippen molar-refractivity contribution in [3.63, 3.8) is 0 Å². The van der Waals surface area contributed by atoms with Gasteiger partial charge in [-0.15, -0.1) is 0 Å². The molecule has 4 nitrogen and oxygen atoms in total. The Labute approximate surface area is 193 Å². The predicted octanol–water partition coefficient (Wildman–Crippen LogP) is 7.16. The molecule has 0 unspecified atom stereocenters. The molecule has 0 saturated heterocycles. The summed E-state index contributed by atoms with van der Waals surface area (Å²) in [6.07, 6.45) is 1.56. The van der Waals surface area contributed by atoms with Gasteiger partial charge in [0.2, 0.25) is 0 Å². The van der Waals surface area contributed by atoms with Gasteiger partial charge in [0, 0.05) is 16.7 Å². The molecule has 0 N–H and O–H groups in total.